The minimum atomic E-state index is -0.160. The van der Waals surface area contributed by atoms with Gasteiger partial charge in [0, 0.05) is 11.3 Å². The van der Waals surface area contributed by atoms with Crippen LogP contribution in [0.3, 0.4) is 0 Å². The Labute approximate surface area is 142 Å². The topological polar surface area (TPSA) is 45.7 Å². The fourth-order valence-corrected chi connectivity index (χ4v) is 2.91. The first-order chi connectivity index (χ1) is 11.6. The van der Waals surface area contributed by atoms with Crippen LogP contribution in [-0.2, 0) is 4.79 Å². The van der Waals surface area contributed by atoms with Gasteiger partial charge in [-0.25, -0.2) is 0 Å². The molecule has 0 fully saturated rings. The Bertz CT molecular complexity index is 829. The summed E-state index contributed by atoms with van der Waals surface area (Å²) < 4.78 is 0. The van der Waals surface area contributed by atoms with Gasteiger partial charge in [0.2, 0.25) is 0 Å². The molecule has 3 aromatic rings. The average molecular weight is 319 g/mol. The molecule has 0 heterocycles. The van der Waals surface area contributed by atoms with Crippen molar-refractivity contribution in [3.8, 4) is 0 Å². The molecule has 122 valence electrons. The number of benzene rings is 3. The lowest BCUT2D eigenvalue weighted by molar-refractivity contribution is -0.709. The number of hydrogen-bond donors (Lipinski definition) is 2. The standard InChI is InChI=1S/C21H22N2O/c1-15(17-8-4-3-5-9-17)22-16(2)21(24)23-20-13-12-18-10-6-7-11-19(18)14-20/h3-16,22H,1-2H3,(H,23,24)/p+1/t15-,16-/m0/s1. The van der Waals surface area contributed by atoms with E-state index in [4.69, 9.17) is 0 Å². The van der Waals surface area contributed by atoms with Gasteiger partial charge in [-0.1, -0.05) is 60.7 Å². The number of rotatable bonds is 5. The van der Waals surface area contributed by atoms with E-state index in [1.807, 2.05) is 55.5 Å². The molecule has 3 nitrogen and oxygen atoms in total. The summed E-state index contributed by atoms with van der Waals surface area (Å²) in [5, 5.41) is 7.41. The third-order valence-electron chi connectivity index (χ3n) is 4.33. The Hall–Kier alpha value is -2.65. The molecule has 0 saturated carbocycles. The van der Waals surface area contributed by atoms with E-state index >= 15 is 0 Å². The SMILES string of the molecule is C[C@H]([NH2+][C@@H](C)c1ccccc1)C(=O)Nc1ccc2ccccc2c1. The number of nitrogens with two attached hydrogens (primary N) is 1. The summed E-state index contributed by atoms with van der Waals surface area (Å²) in [7, 11) is 0. The number of nitrogens with one attached hydrogen (secondary N) is 1. The van der Waals surface area contributed by atoms with Gasteiger partial charge in [0.05, 0.1) is 0 Å². The minimum Gasteiger partial charge on any atom is -0.330 e. The molecule has 3 rings (SSSR count). The predicted molar refractivity (Wildman–Crippen MR) is 98.8 cm³/mol. The zero-order valence-corrected chi connectivity index (χ0v) is 14.1. The van der Waals surface area contributed by atoms with Crippen LogP contribution in [0.2, 0.25) is 0 Å². The Balaban J connectivity index is 1.64. The van der Waals surface area contributed by atoms with Gasteiger partial charge < -0.3 is 10.6 Å². The molecule has 1 amide bonds. The van der Waals surface area contributed by atoms with Crippen LogP contribution in [0.1, 0.15) is 25.5 Å². The van der Waals surface area contributed by atoms with E-state index in [9.17, 15) is 4.79 Å². The molecular weight excluding hydrogens is 296 g/mol. The largest absolute Gasteiger partial charge is 0.330 e. The quantitative estimate of drug-likeness (QED) is 0.743. The van der Waals surface area contributed by atoms with Gasteiger partial charge in [0.25, 0.3) is 5.91 Å². The van der Waals surface area contributed by atoms with Crippen molar-refractivity contribution >= 4 is 22.4 Å². The van der Waals surface area contributed by atoms with Gasteiger partial charge in [-0.05, 0) is 36.8 Å². The highest BCUT2D eigenvalue weighted by atomic mass is 16.2. The lowest BCUT2D eigenvalue weighted by Gasteiger charge is -2.17. The first-order valence-corrected chi connectivity index (χ1v) is 8.33. The zero-order chi connectivity index (χ0) is 16.9. The maximum absolute atomic E-state index is 12.5. The van der Waals surface area contributed by atoms with E-state index in [0.717, 1.165) is 11.1 Å². The Morgan fingerprint density at radius 3 is 2.29 bits per heavy atom. The predicted octanol–water partition coefficient (Wildman–Crippen LogP) is 3.49. The van der Waals surface area contributed by atoms with Gasteiger partial charge in [0.15, 0.2) is 6.04 Å². The van der Waals surface area contributed by atoms with Crippen LogP contribution < -0.4 is 10.6 Å². The Kier molecular flexibility index (Phi) is 4.92. The number of fused-ring (bicyclic) bond motifs is 1. The Morgan fingerprint density at radius 1 is 0.875 bits per heavy atom. The van der Waals surface area contributed by atoms with Crippen LogP contribution in [0, 0.1) is 0 Å². The highest BCUT2D eigenvalue weighted by Crippen LogP contribution is 2.18. The second kappa shape index (κ2) is 7.28. The number of carbonyl (C=O) groups excluding carboxylic acids is 1. The molecule has 0 aliphatic rings. The van der Waals surface area contributed by atoms with Crippen molar-refractivity contribution in [2.45, 2.75) is 25.9 Å². The van der Waals surface area contributed by atoms with Gasteiger partial charge in [-0.2, -0.15) is 0 Å². The molecule has 0 aromatic heterocycles. The molecule has 0 aliphatic carbocycles. The molecule has 0 spiro atoms. The fourth-order valence-electron chi connectivity index (χ4n) is 2.91. The molecule has 0 bridgehead atoms. The van der Waals surface area contributed by atoms with Gasteiger partial charge in [0.1, 0.15) is 6.04 Å². The average Bonchev–Trinajstić information content (AvgIpc) is 2.62. The van der Waals surface area contributed by atoms with Crippen LogP contribution in [-0.4, -0.2) is 11.9 Å². The summed E-state index contributed by atoms with van der Waals surface area (Å²) >= 11 is 0. The molecule has 0 radical (unpaired) electrons. The maximum atomic E-state index is 12.5. The smallest absolute Gasteiger partial charge is 0.282 e. The molecule has 24 heavy (non-hydrogen) atoms. The lowest BCUT2D eigenvalue weighted by atomic mass is 10.1. The summed E-state index contributed by atoms with van der Waals surface area (Å²) in [5.74, 6) is 0.0214. The minimum absolute atomic E-state index is 0.0214. The highest BCUT2D eigenvalue weighted by Gasteiger charge is 2.20. The van der Waals surface area contributed by atoms with Crippen LogP contribution in [0.4, 0.5) is 5.69 Å². The highest BCUT2D eigenvalue weighted by molar-refractivity contribution is 5.96. The summed E-state index contributed by atoms with van der Waals surface area (Å²) in [5.41, 5.74) is 2.06. The van der Waals surface area contributed by atoms with Crippen molar-refractivity contribution in [1.82, 2.24) is 0 Å². The molecule has 0 saturated heterocycles. The zero-order valence-electron chi connectivity index (χ0n) is 14.1. The molecule has 0 aliphatic heterocycles. The van der Waals surface area contributed by atoms with Gasteiger partial charge in [-0.3, -0.25) is 4.79 Å². The molecule has 3 aromatic carbocycles. The summed E-state index contributed by atoms with van der Waals surface area (Å²) in [4.78, 5) is 12.5. The normalized spacial score (nSPS) is 13.4. The number of hydrogen-bond acceptors (Lipinski definition) is 1. The molecular formula is C21H23N2O+. The van der Waals surface area contributed by atoms with E-state index in [0.29, 0.717) is 0 Å². The third-order valence-corrected chi connectivity index (χ3v) is 4.33. The lowest BCUT2D eigenvalue weighted by Crippen LogP contribution is -2.91. The van der Waals surface area contributed by atoms with Crippen LogP contribution >= 0.6 is 0 Å². The molecule has 0 unspecified atom stereocenters. The van der Waals surface area contributed by atoms with Crippen molar-refractivity contribution in [2.24, 2.45) is 0 Å². The van der Waals surface area contributed by atoms with Crippen molar-refractivity contribution in [2.75, 3.05) is 5.32 Å². The molecule has 2 atom stereocenters. The van der Waals surface area contributed by atoms with Crippen molar-refractivity contribution < 1.29 is 10.1 Å². The number of carbonyl (C=O) groups is 1. The maximum Gasteiger partial charge on any atom is 0.282 e. The Morgan fingerprint density at radius 2 is 1.54 bits per heavy atom. The second-order valence-electron chi connectivity index (χ2n) is 6.23. The van der Waals surface area contributed by atoms with E-state index in [1.54, 1.807) is 0 Å². The summed E-state index contributed by atoms with van der Waals surface area (Å²) in [6.07, 6.45) is 0. The van der Waals surface area contributed by atoms with E-state index < -0.39 is 0 Å². The van der Waals surface area contributed by atoms with Crippen LogP contribution in [0.25, 0.3) is 10.8 Å². The van der Waals surface area contributed by atoms with E-state index in [1.165, 1.54) is 10.9 Å². The van der Waals surface area contributed by atoms with Crippen LogP contribution in [0.15, 0.2) is 72.8 Å². The van der Waals surface area contributed by atoms with E-state index in [-0.39, 0.29) is 18.0 Å². The molecule has 3 N–H and O–H groups in total. The number of quaternary nitrogens is 1. The molecule has 3 heteroatoms. The fraction of sp³-hybridized carbons (Fsp3) is 0.190. The van der Waals surface area contributed by atoms with Crippen LogP contribution in [0.5, 0.6) is 0 Å². The first-order valence-electron chi connectivity index (χ1n) is 8.33. The van der Waals surface area contributed by atoms with Crippen molar-refractivity contribution in [3.63, 3.8) is 0 Å². The van der Waals surface area contributed by atoms with Crippen molar-refractivity contribution in [1.29, 1.82) is 0 Å². The summed E-state index contributed by atoms with van der Waals surface area (Å²) in [6.45, 7) is 4.06. The first kappa shape index (κ1) is 16.2. The van der Waals surface area contributed by atoms with Crippen molar-refractivity contribution in [3.05, 3.63) is 78.4 Å². The monoisotopic (exact) mass is 319 g/mol. The number of anilines is 1. The van der Waals surface area contributed by atoms with Gasteiger partial charge >= 0.3 is 0 Å². The summed E-state index contributed by atoms with van der Waals surface area (Å²) in [6, 6.07) is 24.5. The van der Waals surface area contributed by atoms with E-state index in [2.05, 4.69) is 41.8 Å². The third kappa shape index (κ3) is 3.81. The second-order valence-corrected chi connectivity index (χ2v) is 6.23. The van der Waals surface area contributed by atoms with Gasteiger partial charge in [-0.15, -0.1) is 0 Å². The number of amides is 1.